The van der Waals surface area contributed by atoms with Crippen molar-refractivity contribution in [2.24, 2.45) is 0 Å². The van der Waals surface area contributed by atoms with Crippen LogP contribution in [0, 0.1) is 0 Å². The lowest BCUT2D eigenvalue weighted by molar-refractivity contribution is 0.412. The molecule has 0 saturated carbocycles. The third-order valence-electron chi connectivity index (χ3n) is 0.536. The highest BCUT2D eigenvalue weighted by atomic mass is 32.1. The minimum atomic E-state index is 0.427. The van der Waals surface area contributed by atoms with Crippen molar-refractivity contribution in [3.05, 3.63) is 12.2 Å². The van der Waals surface area contributed by atoms with Crippen LogP contribution in [0.5, 0.6) is 0 Å². The molecule has 0 atom stereocenters. The molecule has 3 nitrogen and oxygen atoms in total. The van der Waals surface area contributed by atoms with Crippen molar-refractivity contribution < 1.29 is 4.52 Å². The van der Waals surface area contributed by atoms with Gasteiger partial charge in [0.1, 0.15) is 0 Å². The molecule has 0 fully saturated rings. The van der Waals surface area contributed by atoms with E-state index in [9.17, 15) is 0 Å². The van der Waals surface area contributed by atoms with E-state index in [-0.39, 0.29) is 0 Å². The summed E-state index contributed by atoms with van der Waals surface area (Å²) in [7, 11) is 0. The molecule has 4 heteroatoms. The number of nitrogens with zero attached hydrogens (tertiary/aromatic N) is 2. The SMILES string of the molecule is [S]Cc1ncon1. The van der Waals surface area contributed by atoms with Gasteiger partial charge in [0, 0.05) is 0 Å². The summed E-state index contributed by atoms with van der Waals surface area (Å²) >= 11 is 4.59. The van der Waals surface area contributed by atoms with E-state index in [1.54, 1.807) is 0 Å². The van der Waals surface area contributed by atoms with Crippen LogP contribution in [0.25, 0.3) is 0 Å². The van der Waals surface area contributed by atoms with Gasteiger partial charge in [-0.05, 0) is 0 Å². The summed E-state index contributed by atoms with van der Waals surface area (Å²) in [5.74, 6) is 1.01. The van der Waals surface area contributed by atoms with Crippen LogP contribution in [0.3, 0.4) is 0 Å². The van der Waals surface area contributed by atoms with E-state index in [4.69, 9.17) is 0 Å². The van der Waals surface area contributed by atoms with E-state index in [0.29, 0.717) is 11.6 Å². The van der Waals surface area contributed by atoms with Gasteiger partial charge in [-0.2, -0.15) is 4.98 Å². The number of hydrogen-bond donors (Lipinski definition) is 0. The Kier molecular flexibility index (Phi) is 1.31. The van der Waals surface area contributed by atoms with E-state index in [2.05, 4.69) is 27.3 Å². The first-order valence-electron chi connectivity index (χ1n) is 1.77. The predicted octanol–water partition coefficient (Wildman–Crippen LogP) is 0.767. The highest BCUT2D eigenvalue weighted by Crippen LogP contribution is 1.90. The fourth-order valence-corrected chi connectivity index (χ4v) is 0.383. The lowest BCUT2D eigenvalue weighted by Crippen LogP contribution is -1.76. The van der Waals surface area contributed by atoms with Crippen LogP contribution >= 0.6 is 12.6 Å². The van der Waals surface area contributed by atoms with Crippen LogP contribution in [-0.4, -0.2) is 10.1 Å². The number of aromatic nitrogens is 2. The average Bonchev–Trinajstić information content (AvgIpc) is 2.14. The fraction of sp³-hybridized carbons (Fsp3) is 0.333. The third-order valence-corrected chi connectivity index (χ3v) is 0.794. The van der Waals surface area contributed by atoms with E-state index >= 15 is 0 Å². The van der Waals surface area contributed by atoms with Gasteiger partial charge in [0.05, 0.1) is 5.75 Å². The third kappa shape index (κ3) is 0.928. The molecule has 0 aromatic carbocycles. The van der Waals surface area contributed by atoms with Gasteiger partial charge < -0.3 is 4.52 Å². The quantitative estimate of drug-likeness (QED) is 0.542. The minimum Gasteiger partial charge on any atom is -0.343 e. The van der Waals surface area contributed by atoms with Crippen LogP contribution in [-0.2, 0) is 5.75 Å². The lowest BCUT2D eigenvalue weighted by Gasteiger charge is -1.71. The zero-order valence-corrected chi connectivity index (χ0v) is 4.31. The highest BCUT2D eigenvalue weighted by molar-refractivity contribution is 7.79. The average molecular weight is 115 g/mol. The molecule has 7 heavy (non-hydrogen) atoms. The smallest absolute Gasteiger partial charge is 0.213 e. The first-order chi connectivity index (χ1) is 3.43. The molecular formula is C3H3N2OS. The summed E-state index contributed by atoms with van der Waals surface area (Å²) in [6, 6.07) is 0. The topological polar surface area (TPSA) is 38.9 Å². The van der Waals surface area contributed by atoms with E-state index in [0.717, 1.165) is 0 Å². The van der Waals surface area contributed by atoms with Crippen molar-refractivity contribution in [2.75, 3.05) is 0 Å². The first kappa shape index (κ1) is 4.64. The fourth-order valence-electron chi connectivity index (χ4n) is 0.256. The number of rotatable bonds is 1. The van der Waals surface area contributed by atoms with Gasteiger partial charge in [-0.3, -0.25) is 0 Å². The summed E-state index contributed by atoms with van der Waals surface area (Å²) < 4.78 is 4.38. The molecule has 1 radical (unpaired) electrons. The standard InChI is InChI=1S/C3H3N2OS/c7-1-3-4-2-6-5-3/h2H,1H2. The van der Waals surface area contributed by atoms with Gasteiger partial charge in [-0.15, -0.1) is 0 Å². The molecule has 37 valence electrons. The zero-order valence-electron chi connectivity index (χ0n) is 3.50. The Labute approximate surface area is 46.1 Å². The monoisotopic (exact) mass is 115 g/mol. The van der Waals surface area contributed by atoms with Gasteiger partial charge in [0.2, 0.25) is 6.39 Å². The molecular weight excluding hydrogens is 112 g/mol. The van der Waals surface area contributed by atoms with Gasteiger partial charge in [-0.1, -0.05) is 17.8 Å². The Hall–Kier alpha value is -0.510. The highest BCUT2D eigenvalue weighted by Gasteiger charge is 1.89. The Morgan fingerprint density at radius 3 is 3.00 bits per heavy atom. The zero-order chi connectivity index (χ0) is 5.11. The maximum absolute atomic E-state index is 4.59. The normalized spacial score (nSPS) is 9.29. The minimum absolute atomic E-state index is 0.427. The van der Waals surface area contributed by atoms with Gasteiger partial charge in [0.25, 0.3) is 0 Å². The van der Waals surface area contributed by atoms with Crippen molar-refractivity contribution >= 4 is 12.6 Å². The Morgan fingerprint density at radius 1 is 1.86 bits per heavy atom. The molecule has 0 aliphatic rings. The summed E-state index contributed by atoms with van der Waals surface area (Å²) in [4.78, 5) is 3.65. The van der Waals surface area contributed by atoms with Crippen molar-refractivity contribution in [1.29, 1.82) is 0 Å². The summed E-state index contributed by atoms with van der Waals surface area (Å²) in [6.45, 7) is 0. The Balaban J connectivity index is 2.76. The summed E-state index contributed by atoms with van der Waals surface area (Å²) in [5, 5.41) is 3.44. The van der Waals surface area contributed by atoms with E-state index < -0.39 is 0 Å². The molecule has 1 heterocycles. The molecule has 0 amide bonds. The van der Waals surface area contributed by atoms with E-state index in [1.165, 1.54) is 6.39 Å². The summed E-state index contributed by atoms with van der Waals surface area (Å²) in [6.07, 6.45) is 1.27. The van der Waals surface area contributed by atoms with Crippen LogP contribution in [0.15, 0.2) is 10.9 Å². The second kappa shape index (κ2) is 1.97. The maximum Gasteiger partial charge on any atom is 0.213 e. The van der Waals surface area contributed by atoms with Crippen LogP contribution in [0.4, 0.5) is 0 Å². The Bertz CT molecular complexity index is 127. The van der Waals surface area contributed by atoms with Crippen LogP contribution in [0.2, 0.25) is 0 Å². The molecule has 0 aliphatic heterocycles. The molecule has 0 bridgehead atoms. The molecule has 1 rings (SSSR count). The van der Waals surface area contributed by atoms with Crippen molar-refractivity contribution in [2.45, 2.75) is 5.75 Å². The second-order valence-electron chi connectivity index (χ2n) is 0.992. The number of hydrogen-bond acceptors (Lipinski definition) is 3. The maximum atomic E-state index is 4.59. The first-order valence-corrected chi connectivity index (χ1v) is 2.34. The molecule has 1 aromatic rings. The lowest BCUT2D eigenvalue weighted by atomic mass is 10.7. The van der Waals surface area contributed by atoms with Gasteiger partial charge in [0.15, 0.2) is 5.82 Å². The predicted molar refractivity (Wildman–Crippen MR) is 25.6 cm³/mol. The largest absolute Gasteiger partial charge is 0.343 e. The molecule has 0 spiro atoms. The molecule has 0 aliphatic carbocycles. The van der Waals surface area contributed by atoms with Gasteiger partial charge >= 0.3 is 0 Å². The molecule has 0 unspecified atom stereocenters. The van der Waals surface area contributed by atoms with Crippen LogP contribution in [0.1, 0.15) is 5.82 Å². The Morgan fingerprint density at radius 2 is 2.71 bits per heavy atom. The van der Waals surface area contributed by atoms with Crippen molar-refractivity contribution in [1.82, 2.24) is 10.1 Å². The van der Waals surface area contributed by atoms with Crippen molar-refractivity contribution in [3.63, 3.8) is 0 Å². The molecule has 1 aromatic heterocycles. The summed E-state index contributed by atoms with van der Waals surface area (Å²) in [5.41, 5.74) is 0. The van der Waals surface area contributed by atoms with Crippen molar-refractivity contribution in [3.8, 4) is 0 Å². The molecule has 0 N–H and O–H groups in total. The van der Waals surface area contributed by atoms with E-state index in [1.807, 2.05) is 0 Å². The van der Waals surface area contributed by atoms with Crippen LogP contribution < -0.4 is 0 Å². The van der Waals surface area contributed by atoms with Gasteiger partial charge in [-0.25, -0.2) is 0 Å². The second-order valence-corrected chi connectivity index (χ2v) is 1.28. The molecule has 0 saturated heterocycles.